The van der Waals surface area contributed by atoms with Crippen LogP contribution in [-0.2, 0) is 0 Å². The molecule has 0 unspecified atom stereocenters. The van der Waals surface area contributed by atoms with Crippen molar-refractivity contribution in [2.24, 2.45) is 0 Å². The van der Waals surface area contributed by atoms with Gasteiger partial charge in [0.2, 0.25) is 4.69 Å². The molecule has 0 bridgehead atoms. The van der Waals surface area contributed by atoms with E-state index in [1.807, 2.05) is 36.4 Å². The third-order valence-corrected chi connectivity index (χ3v) is 2.50. The molecule has 0 aliphatic carbocycles. The van der Waals surface area contributed by atoms with E-state index in [2.05, 4.69) is 15.9 Å². The van der Waals surface area contributed by atoms with Crippen molar-refractivity contribution in [1.29, 1.82) is 0 Å². The fourth-order valence-corrected chi connectivity index (χ4v) is 1.66. The average Bonchev–Trinajstić information content (AvgIpc) is 2.31. The summed E-state index contributed by atoms with van der Waals surface area (Å²) in [7, 11) is 0. The molecular weight excluding hydrogens is 268 g/mol. The monoisotopic (exact) mass is 276 g/mol. The van der Waals surface area contributed by atoms with Crippen molar-refractivity contribution in [3.05, 3.63) is 60.2 Å². The summed E-state index contributed by atoms with van der Waals surface area (Å²) >= 11 is 2.93. The Balaban J connectivity index is 2.31. The summed E-state index contributed by atoms with van der Waals surface area (Å²) < 4.78 is 5.44. The summed E-state index contributed by atoms with van der Waals surface area (Å²) in [4.78, 5) is 11.3. The van der Waals surface area contributed by atoms with Gasteiger partial charge in [0.05, 0.1) is 5.56 Å². The molecule has 2 rings (SSSR count). The molecule has 0 fully saturated rings. The summed E-state index contributed by atoms with van der Waals surface area (Å²) in [6.07, 6.45) is 0. The lowest BCUT2D eigenvalue weighted by Crippen LogP contribution is -1.93. The smallest absolute Gasteiger partial charge is 0.231 e. The Morgan fingerprint density at radius 2 is 1.56 bits per heavy atom. The Hall–Kier alpha value is -1.61. The van der Waals surface area contributed by atoms with Gasteiger partial charge in [-0.25, -0.2) is 0 Å². The number of rotatable bonds is 3. The van der Waals surface area contributed by atoms with Crippen LogP contribution in [0.25, 0.3) is 0 Å². The zero-order valence-electron chi connectivity index (χ0n) is 8.39. The van der Waals surface area contributed by atoms with E-state index in [0.29, 0.717) is 17.1 Å². The van der Waals surface area contributed by atoms with Gasteiger partial charge >= 0.3 is 0 Å². The molecule has 0 aromatic heterocycles. The van der Waals surface area contributed by atoms with E-state index in [4.69, 9.17) is 4.74 Å². The van der Waals surface area contributed by atoms with Crippen LogP contribution in [-0.4, -0.2) is 4.69 Å². The summed E-state index contributed by atoms with van der Waals surface area (Å²) in [6, 6.07) is 16.5. The van der Waals surface area contributed by atoms with E-state index in [9.17, 15) is 4.79 Å². The molecule has 0 radical (unpaired) electrons. The first kappa shape index (κ1) is 10.9. The van der Waals surface area contributed by atoms with Gasteiger partial charge in [-0.3, -0.25) is 4.79 Å². The lowest BCUT2D eigenvalue weighted by molar-refractivity contribution is 0.109. The Labute approximate surface area is 102 Å². The van der Waals surface area contributed by atoms with Crippen LogP contribution >= 0.6 is 15.9 Å². The molecule has 0 saturated heterocycles. The minimum absolute atomic E-state index is 0.181. The van der Waals surface area contributed by atoms with Crippen LogP contribution in [0.4, 0.5) is 0 Å². The second-order valence-electron chi connectivity index (χ2n) is 3.18. The largest absolute Gasteiger partial charge is 0.457 e. The highest BCUT2D eigenvalue weighted by atomic mass is 79.9. The second kappa shape index (κ2) is 4.94. The number of hydrogen-bond acceptors (Lipinski definition) is 2. The van der Waals surface area contributed by atoms with Crippen molar-refractivity contribution in [2.45, 2.75) is 0 Å². The van der Waals surface area contributed by atoms with Crippen LogP contribution in [0.2, 0.25) is 0 Å². The van der Waals surface area contributed by atoms with Crippen molar-refractivity contribution in [3.8, 4) is 11.5 Å². The van der Waals surface area contributed by atoms with E-state index in [0.717, 1.165) is 0 Å². The molecular formula is C13H9BrO2. The first-order valence-electron chi connectivity index (χ1n) is 4.79. The molecule has 0 atom stereocenters. The number of halogens is 1. The Bertz CT molecular complexity index is 494. The molecule has 0 heterocycles. The number of hydrogen-bond donors (Lipinski definition) is 0. The number of para-hydroxylation sites is 2. The van der Waals surface area contributed by atoms with Crippen LogP contribution in [0, 0.1) is 0 Å². The quantitative estimate of drug-likeness (QED) is 0.792. The first-order valence-corrected chi connectivity index (χ1v) is 5.58. The maximum Gasteiger partial charge on any atom is 0.231 e. The first-order chi connectivity index (χ1) is 7.77. The highest BCUT2D eigenvalue weighted by molar-refractivity contribution is 9.18. The number of carbonyl (C=O) groups is 1. The molecule has 2 aromatic carbocycles. The summed E-state index contributed by atoms with van der Waals surface area (Å²) in [6.45, 7) is 0. The van der Waals surface area contributed by atoms with Gasteiger partial charge in [0, 0.05) is 0 Å². The van der Waals surface area contributed by atoms with E-state index in [1.165, 1.54) is 0 Å². The molecule has 0 aliphatic rings. The van der Waals surface area contributed by atoms with Crippen molar-refractivity contribution < 1.29 is 9.53 Å². The van der Waals surface area contributed by atoms with Crippen LogP contribution < -0.4 is 4.74 Å². The minimum atomic E-state index is -0.181. The number of ether oxygens (including phenoxy) is 1. The molecule has 3 heteroatoms. The molecule has 0 aliphatic heterocycles. The lowest BCUT2D eigenvalue weighted by Gasteiger charge is -2.07. The molecule has 0 amide bonds. The highest BCUT2D eigenvalue weighted by Crippen LogP contribution is 2.26. The number of carbonyl (C=O) groups excluding carboxylic acids is 1. The van der Waals surface area contributed by atoms with Crippen LogP contribution in [0.15, 0.2) is 54.6 Å². The van der Waals surface area contributed by atoms with Gasteiger partial charge < -0.3 is 4.74 Å². The van der Waals surface area contributed by atoms with Gasteiger partial charge in [-0.2, -0.15) is 0 Å². The zero-order chi connectivity index (χ0) is 11.4. The second-order valence-corrected chi connectivity index (χ2v) is 3.91. The topological polar surface area (TPSA) is 26.3 Å². The lowest BCUT2D eigenvalue weighted by atomic mass is 10.2. The van der Waals surface area contributed by atoms with Crippen molar-refractivity contribution >= 4 is 20.6 Å². The standard InChI is InChI=1S/C13H9BrO2/c14-13(15)11-8-4-5-9-12(11)16-10-6-2-1-3-7-10/h1-9H. The molecule has 80 valence electrons. The maximum atomic E-state index is 11.3. The highest BCUT2D eigenvalue weighted by Gasteiger charge is 2.09. The van der Waals surface area contributed by atoms with E-state index in [-0.39, 0.29) is 4.69 Å². The molecule has 0 spiro atoms. The van der Waals surface area contributed by atoms with Gasteiger partial charge in [0.1, 0.15) is 11.5 Å². The average molecular weight is 277 g/mol. The van der Waals surface area contributed by atoms with Crippen molar-refractivity contribution in [1.82, 2.24) is 0 Å². The van der Waals surface area contributed by atoms with Crippen molar-refractivity contribution in [3.63, 3.8) is 0 Å². The van der Waals surface area contributed by atoms with Crippen LogP contribution in [0.3, 0.4) is 0 Å². The molecule has 0 N–H and O–H groups in total. The van der Waals surface area contributed by atoms with Gasteiger partial charge in [-0.1, -0.05) is 30.3 Å². The van der Waals surface area contributed by atoms with Crippen molar-refractivity contribution in [2.75, 3.05) is 0 Å². The SMILES string of the molecule is O=C(Br)c1ccccc1Oc1ccccc1. The Morgan fingerprint density at radius 3 is 2.25 bits per heavy atom. The van der Waals surface area contributed by atoms with E-state index < -0.39 is 0 Å². The van der Waals surface area contributed by atoms with Crippen LogP contribution in [0.5, 0.6) is 11.5 Å². The maximum absolute atomic E-state index is 11.3. The Kier molecular flexibility index (Phi) is 3.37. The molecule has 0 saturated carbocycles. The fourth-order valence-electron chi connectivity index (χ4n) is 1.33. The molecule has 2 nitrogen and oxygen atoms in total. The molecule has 2 aromatic rings. The van der Waals surface area contributed by atoms with Gasteiger partial charge in [0.25, 0.3) is 0 Å². The Morgan fingerprint density at radius 1 is 0.938 bits per heavy atom. The van der Waals surface area contributed by atoms with Gasteiger partial charge in [-0.05, 0) is 40.2 Å². The third kappa shape index (κ3) is 2.49. The summed E-state index contributed by atoms with van der Waals surface area (Å²) in [5.41, 5.74) is 0.520. The third-order valence-electron chi connectivity index (χ3n) is 2.07. The van der Waals surface area contributed by atoms with E-state index in [1.54, 1.807) is 18.2 Å². The van der Waals surface area contributed by atoms with E-state index >= 15 is 0 Å². The normalized spacial score (nSPS) is 9.81. The van der Waals surface area contributed by atoms with Gasteiger partial charge in [0.15, 0.2) is 0 Å². The minimum Gasteiger partial charge on any atom is -0.457 e. The molecule has 16 heavy (non-hydrogen) atoms. The summed E-state index contributed by atoms with van der Waals surface area (Å²) in [5, 5.41) is 0. The number of benzene rings is 2. The predicted octanol–water partition coefficient (Wildman–Crippen LogP) is 4.01. The van der Waals surface area contributed by atoms with Gasteiger partial charge in [-0.15, -0.1) is 0 Å². The predicted molar refractivity (Wildman–Crippen MR) is 66.2 cm³/mol. The van der Waals surface area contributed by atoms with Crippen LogP contribution in [0.1, 0.15) is 10.4 Å². The fraction of sp³-hybridized carbons (Fsp3) is 0. The summed E-state index contributed by atoms with van der Waals surface area (Å²) in [5.74, 6) is 1.26. The zero-order valence-corrected chi connectivity index (χ0v) is 9.98.